The van der Waals surface area contributed by atoms with Crippen molar-refractivity contribution in [1.29, 1.82) is 0 Å². The van der Waals surface area contributed by atoms with Gasteiger partial charge >= 0.3 is 6.18 Å². The van der Waals surface area contributed by atoms with Gasteiger partial charge in [0.25, 0.3) is 0 Å². The fourth-order valence-corrected chi connectivity index (χ4v) is 15.4. The van der Waals surface area contributed by atoms with Crippen LogP contribution in [0.3, 0.4) is 0 Å². The Hall–Kier alpha value is -5.75. The summed E-state index contributed by atoms with van der Waals surface area (Å²) in [7, 11) is 8.73. The van der Waals surface area contributed by atoms with Crippen LogP contribution in [0.4, 0.5) is 13.2 Å². The number of carbonyl (C=O) groups excluding carboxylic acids is 11. The van der Waals surface area contributed by atoms with Gasteiger partial charge < -0.3 is 55.6 Å². The summed E-state index contributed by atoms with van der Waals surface area (Å²) in [4.78, 5) is 170. The van der Waals surface area contributed by atoms with Crippen molar-refractivity contribution in [2.45, 2.75) is 261 Å². The number of amides is 11. The van der Waals surface area contributed by atoms with E-state index in [-0.39, 0.29) is 113 Å². The second-order valence-electron chi connectivity index (χ2n) is 29.2. The molecule has 0 aromatic rings. The SMILES string of the molecule is CC[C@H](C)[C@@H]1NC(=O)[C@H](CC2CCCCC2)N(C)C(=O)C[C@@H](C)NC(=O)[C@H](CC(C)C)N(C)C(=O)C2(CCCC2)NC(=O)[C@@H]2CCCN2C(=O)[C@H](CCC2CCC(C(F)(F)F)CC2)NC(=O)CN(C)C(=O)[C@H](CC2CCC(Cl)CC2)N(C)C(=O)CN(C)C(=O)CN(C)C1=O. The molecule has 0 bridgehead atoms. The molecule has 0 unspecified atom stereocenters. The summed E-state index contributed by atoms with van der Waals surface area (Å²) in [6, 6.07) is -7.45. The molecule has 2 saturated heterocycles. The molecule has 0 aromatic heterocycles. The topological polar surface area (TPSA) is 259 Å². The lowest BCUT2D eigenvalue weighted by Crippen LogP contribution is -2.64. The smallest absolute Gasteiger partial charge is 0.351 e. The first-order valence-electron chi connectivity index (χ1n) is 35.0. The highest BCUT2D eigenvalue weighted by Crippen LogP contribution is 2.41. The van der Waals surface area contributed by atoms with Crippen LogP contribution in [0.5, 0.6) is 0 Å². The minimum Gasteiger partial charge on any atom is -0.351 e. The van der Waals surface area contributed by atoms with E-state index in [1.807, 2.05) is 20.8 Å². The van der Waals surface area contributed by atoms with E-state index < -0.39 is 150 Å². The molecule has 26 heteroatoms. The summed E-state index contributed by atoms with van der Waals surface area (Å²) < 4.78 is 41.3. The van der Waals surface area contributed by atoms with Crippen molar-refractivity contribution in [2.24, 2.45) is 35.5 Å². The first kappa shape index (κ1) is 77.3. The zero-order chi connectivity index (χ0) is 69.5. The molecule has 6 fully saturated rings. The molecule has 1 spiro atoms. The molecule has 22 nitrogen and oxygen atoms in total. The average molecular weight is 1350 g/mol. The van der Waals surface area contributed by atoms with E-state index in [0.29, 0.717) is 57.8 Å². The lowest BCUT2D eigenvalue weighted by Gasteiger charge is -2.39. The summed E-state index contributed by atoms with van der Waals surface area (Å²) >= 11 is 6.50. The van der Waals surface area contributed by atoms with Crippen LogP contribution < -0.4 is 21.3 Å². The second kappa shape index (κ2) is 35.0. The van der Waals surface area contributed by atoms with E-state index >= 15 is 9.59 Å². The first-order chi connectivity index (χ1) is 44.2. The number of carbonyl (C=O) groups is 11. The van der Waals surface area contributed by atoms with Crippen LogP contribution in [-0.4, -0.2) is 227 Å². The molecular formula is C68H111ClF3N11O11. The largest absolute Gasteiger partial charge is 0.391 e. The van der Waals surface area contributed by atoms with Gasteiger partial charge in [-0.3, -0.25) is 52.7 Å². The standard InChI is InChI=1S/C68H111ClF3N11O11/c1-12-43(4)59-65(93)79(8)40-57(86)77(6)41-58(87)81(10)54(38-47-24-29-49(69)30-25-47)64(92)78(7)39-55(84)74-50(31-26-45-22-27-48(28-23-45)68(70,71)72)63(91)83-34-18-21-51(83)62(90)76-67(32-16-17-33-67)66(94)82(11)52(35-42(2)3)60(88)73-44(5)36-56(85)80(9)53(61(89)75-59)37-46-19-14-13-15-20-46/h42-54,59H,12-41H2,1-11H3,(H,73,88)(H,74,84)(H,75,89)(H,76,90)/t43-,44+,45?,47?,48?,49?,50-,51-,52-,53-,54-,59-/m0/s1. The van der Waals surface area contributed by atoms with E-state index in [9.17, 15) is 56.3 Å². The first-order valence-corrected chi connectivity index (χ1v) is 35.4. The normalized spacial score (nSPS) is 30.8. The molecule has 2 heterocycles. The maximum atomic E-state index is 15.1. The van der Waals surface area contributed by atoms with Gasteiger partial charge in [-0.15, -0.1) is 11.6 Å². The molecule has 8 atom stereocenters. The number of rotatable bonds is 11. The van der Waals surface area contributed by atoms with Crippen molar-refractivity contribution in [3.8, 4) is 0 Å². The van der Waals surface area contributed by atoms with Gasteiger partial charge in [0.1, 0.15) is 41.8 Å². The minimum atomic E-state index is -4.34. The van der Waals surface area contributed by atoms with E-state index in [1.54, 1.807) is 20.9 Å². The van der Waals surface area contributed by atoms with Crippen LogP contribution >= 0.6 is 11.6 Å². The summed E-state index contributed by atoms with van der Waals surface area (Å²) in [5, 5.41) is 11.8. The molecule has 0 radical (unpaired) electrons. The third-order valence-corrected chi connectivity index (χ3v) is 22.0. The molecule has 6 rings (SSSR count). The lowest BCUT2D eigenvalue weighted by molar-refractivity contribution is -0.184. The Balaban J connectivity index is 1.35. The highest BCUT2D eigenvalue weighted by atomic mass is 35.5. The third kappa shape index (κ3) is 20.9. The molecule has 94 heavy (non-hydrogen) atoms. The number of nitrogens with one attached hydrogen (secondary N) is 4. The maximum Gasteiger partial charge on any atom is 0.391 e. The fraction of sp³-hybridized carbons (Fsp3) is 0.838. The van der Waals surface area contributed by atoms with Crippen molar-refractivity contribution in [3.63, 3.8) is 0 Å². The van der Waals surface area contributed by atoms with Crippen molar-refractivity contribution in [1.82, 2.24) is 55.6 Å². The Labute approximate surface area is 560 Å². The van der Waals surface area contributed by atoms with Crippen molar-refractivity contribution in [2.75, 3.05) is 68.5 Å². The Morgan fingerprint density at radius 2 is 1.12 bits per heavy atom. The van der Waals surface area contributed by atoms with Gasteiger partial charge in [-0.2, -0.15) is 13.2 Å². The lowest BCUT2D eigenvalue weighted by atomic mass is 9.79. The molecule has 532 valence electrons. The van der Waals surface area contributed by atoms with Crippen LogP contribution in [0, 0.1) is 35.5 Å². The Bertz CT molecular complexity index is 2640. The Kier molecular flexibility index (Phi) is 28.7. The molecule has 6 aliphatic rings. The van der Waals surface area contributed by atoms with Crippen LogP contribution in [0.1, 0.15) is 202 Å². The van der Waals surface area contributed by atoms with Crippen molar-refractivity contribution < 1.29 is 65.9 Å². The molecule has 2 aliphatic heterocycles. The second-order valence-corrected chi connectivity index (χ2v) is 29.9. The highest BCUT2D eigenvalue weighted by Gasteiger charge is 2.50. The molecule has 4 saturated carbocycles. The van der Waals surface area contributed by atoms with E-state index in [0.717, 1.165) is 41.9 Å². The molecule has 4 aliphatic carbocycles. The van der Waals surface area contributed by atoms with Crippen LogP contribution in [0.25, 0.3) is 0 Å². The van der Waals surface area contributed by atoms with Gasteiger partial charge in [0.05, 0.1) is 25.6 Å². The van der Waals surface area contributed by atoms with E-state index in [4.69, 9.17) is 11.6 Å². The van der Waals surface area contributed by atoms with Crippen molar-refractivity contribution in [3.05, 3.63) is 0 Å². The van der Waals surface area contributed by atoms with Gasteiger partial charge in [0, 0.05) is 66.7 Å². The Morgan fingerprint density at radius 1 is 0.553 bits per heavy atom. The number of hydrogen-bond donors (Lipinski definition) is 4. The number of likely N-dealkylation sites (N-methyl/N-ethyl adjacent to an activating group) is 6. The molecule has 4 N–H and O–H groups in total. The van der Waals surface area contributed by atoms with Gasteiger partial charge in [0.2, 0.25) is 65.0 Å². The quantitative estimate of drug-likeness (QED) is 0.162. The minimum absolute atomic E-state index is 0.0136. The predicted octanol–water partition coefficient (Wildman–Crippen LogP) is 6.54. The van der Waals surface area contributed by atoms with Crippen LogP contribution in [0.15, 0.2) is 0 Å². The van der Waals surface area contributed by atoms with E-state index in [2.05, 4.69) is 21.3 Å². The third-order valence-electron chi connectivity index (χ3n) is 21.5. The number of hydrogen-bond acceptors (Lipinski definition) is 11. The monoisotopic (exact) mass is 1350 g/mol. The molecule has 11 amide bonds. The zero-order valence-electron chi connectivity index (χ0n) is 57.9. The van der Waals surface area contributed by atoms with Gasteiger partial charge in [-0.1, -0.05) is 79.1 Å². The summed E-state index contributed by atoms with van der Waals surface area (Å²) in [6.07, 6.45) is 6.90. The number of nitrogens with zero attached hydrogens (tertiary/aromatic N) is 7. The van der Waals surface area contributed by atoms with Crippen molar-refractivity contribution >= 4 is 76.6 Å². The molecule has 0 aromatic carbocycles. The fourth-order valence-electron chi connectivity index (χ4n) is 15.2. The number of halogens is 4. The predicted molar refractivity (Wildman–Crippen MR) is 350 cm³/mol. The van der Waals surface area contributed by atoms with Gasteiger partial charge in [-0.05, 0) is 146 Å². The zero-order valence-corrected chi connectivity index (χ0v) is 58.7. The van der Waals surface area contributed by atoms with Crippen LogP contribution in [0.2, 0.25) is 0 Å². The van der Waals surface area contributed by atoms with Gasteiger partial charge in [0.15, 0.2) is 0 Å². The summed E-state index contributed by atoms with van der Waals surface area (Å²) in [6.45, 7) is 7.71. The van der Waals surface area contributed by atoms with E-state index in [1.165, 1.54) is 59.7 Å². The number of fused-ring (bicyclic) bond motifs is 1. The highest BCUT2D eigenvalue weighted by molar-refractivity contribution is 6.20. The van der Waals surface area contributed by atoms with Gasteiger partial charge in [-0.25, -0.2) is 0 Å². The number of alkyl halides is 4. The maximum absolute atomic E-state index is 15.1. The van der Waals surface area contributed by atoms with Crippen LogP contribution in [-0.2, 0) is 52.7 Å². The summed E-state index contributed by atoms with van der Waals surface area (Å²) in [5.74, 6) is -8.47. The molecular weight excluding hydrogens is 1240 g/mol. The summed E-state index contributed by atoms with van der Waals surface area (Å²) in [5.41, 5.74) is -1.46. The Morgan fingerprint density at radius 3 is 1.72 bits per heavy atom. The average Bonchev–Trinajstić information content (AvgIpc) is 1.56.